The largest absolute Gasteiger partial charge is 0.308 e. The molecule has 0 N–H and O–H groups in total. The number of aryl methyl sites for hydroxylation is 4. The Hall–Kier alpha value is -10.9. The van der Waals surface area contributed by atoms with Crippen molar-refractivity contribution in [2.75, 3.05) is 0 Å². The second kappa shape index (κ2) is 17.5. The van der Waals surface area contributed by atoms with Gasteiger partial charge in [0.2, 0.25) is 0 Å². The van der Waals surface area contributed by atoms with E-state index in [0.29, 0.717) is 5.56 Å². The van der Waals surface area contributed by atoms with E-state index in [4.69, 9.17) is 0 Å². The van der Waals surface area contributed by atoms with Crippen molar-refractivity contribution >= 4 is 109 Å². The Morgan fingerprint density at radius 2 is 0.614 bits per heavy atom. The number of hydrogen-bond donors (Lipinski definition) is 0. The van der Waals surface area contributed by atoms with Crippen LogP contribution in [0.2, 0.25) is 0 Å². The van der Waals surface area contributed by atoms with E-state index < -0.39 is 0 Å². The van der Waals surface area contributed by atoms with Crippen LogP contribution in [0.5, 0.6) is 0 Å². The average molecular weight is 1060 g/mol. The van der Waals surface area contributed by atoms with Gasteiger partial charge >= 0.3 is 0 Å². The second-order valence-electron chi connectivity index (χ2n) is 22.5. The van der Waals surface area contributed by atoms with Gasteiger partial charge in [0.15, 0.2) is 0 Å². The third-order valence-electron chi connectivity index (χ3n) is 17.6. The lowest BCUT2D eigenvalue weighted by molar-refractivity contribution is 1.04. The Labute approximate surface area is 477 Å². The van der Waals surface area contributed by atoms with Crippen molar-refractivity contribution in [1.29, 1.82) is 5.26 Å². The van der Waals surface area contributed by atoms with Crippen LogP contribution in [0, 0.1) is 39.0 Å². The SMILES string of the molecule is Cc1ccc2c(c1)c1ccccc1n2-c1c(C#N)c(-n2c3ccccc3c3cc(C)ccc32)c(-n2c3ccccc3c3cc(C)ccc32)c(-c2ccc(-n3c4ccccc4c4ccncc43)cc2)c1-n1c2ccccc2c2cc(C)ccc21. The molecule has 0 radical (unpaired) electrons. The number of hydrogen-bond acceptors (Lipinski definition) is 2. The number of aromatic nitrogens is 6. The summed E-state index contributed by atoms with van der Waals surface area (Å²) in [6, 6.07) is 85.3. The van der Waals surface area contributed by atoms with Gasteiger partial charge < -0.3 is 22.8 Å². The van der Waals surface area contributed by atoms with Crippen LogP contribution in [-0.4, -0.2) is 27.8 Å². The molecular formula is C76H51N7. The summed E-state index contributed by atoms with van der Waals surface area (Å²) in [6.07, 6.45) is 3.86. The molecule has 0 aliphatic heterocycles. The molecule has 0 fully saturated rings. The highest BCUT2D eigenvalue weighted by Gasteiger charge is 2.35. The van der Waals surface area contributed by atoms with E-state index in [1.54, 1.807) is 0 Å². The van der Waals surface area contributed by atoms with Gasteiger partial charge in [0.05, 0.1) is 84.1 Å². The molecule has 0 spiro atoms. The Balaban J connectivity index is 1.18. The third-order valence-corrected chi connectivity index (χ3v) is 17.6. The molecule has 6 aromatic heterocycles. The molecule has 6 heterocycles. The molecule has 0 unspecified atom stereocenters. The summed E-state index contributed by atoms with van der Waals surface area (Å²) >= 11 is 0. The number of nitriles is 1. The van der Waals surface area contributed by atoms with Gasteiger partial charge in [-0.15, -0.1) is 0 Å². The molecule has 0 saturated carbocycles. The highest BCUT2D eigenvalue weighted by Crippen LogP contribution is 2.52. The van der Waals surface area contributed by atoms with E-state index in [9.17, 15) is 5.26 Å². The van der Waals surface area contributed by atoms with Crippen LogP contribution in [-0.2, 0) is 0 Å². The van der Waals surface area contributed by atoms with Gasteiger partial charge in [-0.3, -0.25) is 4.98 Å². The lowest BCUT2D eigenvalue weighted by atomic mass is 9.93. The van der Waals surface area contributed by atoms with Crippen molar-refractivity contribution in [2.24, 2.45) is 0 Å². The zero-order valence-electron chi connectivity index (χ0n) is 46.1. The number of nitrogens with zero attached hydrogens (tertiary/aromatic N) is 7. The summed E-state index contributed by atoms with van der Waals surface area (Å²) in [5.74, 6) is 0. The van der Waals surface area contributed by atoms with Crippen LogP contribution >= 0.6 is 0 Å². The maximum atomic E-state index is 13.0. The maximum Gasteiger partial charge on any atom is 0.104 e. The minimum absolute atomic E-state index is 0.538. The number of para-hydroxylation sites is 5. The molecular weight excluding hydrogens is 1010 g/mol. The first kappa shape index (κ1) is 46.9. The summed E-state index contributed by atoms with van der Waals surface area (Å²) in [6.45, 7) is 8.68. The van der Waals surface area contributed by atoms with Crippen molar-refractivity contribution < 1.29 is 0 Å². The Morgan fingerprint density at radius 3 is 0.988 bits per heavy atom. The van der Waals surface area contributed by atoms with E-state index in [1.165, 1.54) is 16.5 Å². The molecule has 7 heteroatoms. The average Bonchev–Trinajstić information content (AvgIpc) is 2.09. The molecule has 11 aromatic carbocycles. The van der Waals surface area contributed by atoms with Gasteiger partial charge in [-0.25, -0.2) is 0 Å². The van der Waals surface area contributed by atoms with Crippen LogP contribution < -0.4 is 0 Å². The highest BCUT2D eigenvalue weighted by molar-refractivity contribution is 6.18. The molecule has 0 aliphatic carbocycles. The fourth-order valence-corrected chi connectivity index (χ4v) is 14.1. The zero-order valence-corrected chi connectivity index (χ0v) is 46.1. The quantitative estimate of drug-likeness (QED) is 0.167. The highest BCUT2D eigenvalue weighted by atomic mass is 15.1. The summed E-state index contributed by atoms with van der Waals surface area (Å²) < 4.78 is 12.1. The van der Waals surface area contributed by atoms with Gasteiger partial charge in [0.1, 0.15) is 11.6 Å². The fourth-order valence-electron chi connectivity index (χ4n) is 14.1. The normalized spacial score (nSPS) is 12.1. The van der Waals surface area contributed by atoms with Crippen LogP contribution in [0.1, 0.15) is 27.8 Å². The first-order valence-corrected chi connectivity index (χ1v) is 28.4. The predicted octanol–water partition coefficient (Wildman–Crippen LogP) is 19.3. The van der Waals surface area contributed by atoms with Gasteiger partial charge in [-0.1, -0.05) is 150 Å². The molecule has 0 aliphatic rings. The summed E-state index contributed by atoms with van der Waals surface area (Å²) in [4.78, 5) is 4.67. The molecule has 17 aromatic rings. The van der Waals surface area contributed by atoms with Gasteiger partial charge in [-0.2, -0.15) is 5.26 Å². The van der Waals surface area contributed by atoms with Crippen LogP contribution in [0.15, 0.2) is 237 Å². The van der Waals surface area contributed by atoms with E-state index in [2.05, 4.69) is 286 Å². The van der Waals surface area contributed by atoms with E-state index in [1.807, 2.05) is 12.4 Å². The first-order chi connectivity index (χ1) is 40.8. The number of benzene rings is 11. The van der Waals surface area contributed by atoms with E-state index in [-0.39, 0.29) is 0 Å². The van der Waals surface area contributed by atoms with Gasteiger partial charge in [0, 0.05) is 71.3 Å². The molecule has 390 valence electrons. The van der Waals surface area contributed by atoms with Crippen molar-refractivity contribution in [3.05, 3.63) is 265 Å². The molecule has 0 bridgehead atoms. The van der Waals surface area contributed by atoms with Gasteiger partial charge in [-0.05, 0) is 130 Å². The smallest absolute Gasteiger partial charge is 0.104 e. The molecule has 17 rings (SSSR count). The standard InChI is InChI=1S/C76H51N7/c1-45-25-33-67-57(39-45)52-16-6-11-21-63(52)80(67)73-61(43-77)74(81-64-22-12-7-17-53(64)58-40-46(2)26-34-68(58)81)76(83-66-24-14-9-19-55(66)60-42-48(4)28-36-70(60)83)72(75(73)82-65-23-13-8-18-54(65)59-41-47(3)27-35-69(59)82)49-29-31-50(32-30-49)79-62-20-10-5-15-51(62)56-37-38-78-44-71(56)79/h5-42,44H,1-4H3. The van der Waals surface area contributed by atoms with Crippen molar-refractivity contribution in [1.82, 2.24) is 27.8 Å². The first-order valence-electron chi connectivity index (χ1n) is 28.4. The fraction of sp³-hybridized carbons (Fsp3) is 0.0526. The van der Waals surface area contributed by atoms with Crippen LogP contribution in [0.25, 0.3) is 149 Å². The molecule has 0 saturated heterocycles. The molecule has 7 nitrogen and oxygen atoms in total. The Morgan fingerprint density at radius 1 is 0.301 bits per heavy atom. The number of fused-ring (bicyclic) bond motifs is 15. The van der Waals surface area contributed by atoms with Crippen molar-refractivity contribution in [3.8, 4) is 45.6 Å². The topological polar surface area (TPSA) is 61.3 Å². The second-order valence-corrected chi connectivity index (χ2v) is 22.5. The van der Waals surface area contributed by atoms with Crippen LogP contribution in [0.3, 0.4) is 0 Å². The summed E-state index contributed by atoms with van der Waals surface area (Å²) in [5, 5.41) is 24.3. The number of rotatable bonds is 6. The summed E-state index contributed by atoms with van der Waals surface area (Å²) in [5.41, 5.74) is 21.9. The van der Waals surface area contributed by atoms with E-state index in [0.717, 1.165) is 154 Å². The van der Waals surface area contributed by atoms with Crippen molar-refractivity contribution in [3.63, 3.8) is 0 Å². The lowest BCUT2D eigenvalue weighted by Crippen LogP contribution is -2.16. The third kappa shape index (κ3) is 6.57. The number of pyridine rings is 1. The molecule has 83 heavy (non-hydrogen) atoms. The molecule has 0 amide bonds. The van der Waals surface area contributed by atoms with Gasteiger partial charge in [0.25, 0.3) is 0 Å². The Kier molecular flexibility index (Phi) is 9.91. The lowest BCUT2D eigenvalue weighted by Gasteiger charge is -2.29. The van der Waals surface area contributed by atoms with E-state index >= 15 is 0 Å². The van der Waals surface area contributed by atoms with Crippen molar-refractivity contribution in [2.45, 2.75) is 27.7 Å². The maximum absolute atomic E-state index is 13.0. The Bertz CT molecular complexity index is 5370. The minimum atomic E-state index is 0.538. The minimum Gasteiger partial charge on any atom is -0.308 e. The monoisotopic (exact) mass is 1060 g/mol. The van der Waals surface area contributed by atoms with Crippen LogP contribution in [0.4, 0.5) is 0 Å². The predicted molar refractivity (Wildman–Crippen MR) is 345 cm³/mol. The summed E-state index contributed by atoms with van der Waals surface area (Å²) in [7, 11) is 0. The zero-order chi connectivity index (χ0) is 55.4. The molecule has 0 atom stereocenters.